The largest absolute Gasteiger partial charge is 0.497 e. The van der Waals surface area contributed by atoms with Crippen LogP contribution in [0.2, 0.25) is 5.02 Å². The first kappa shape index (κ1) is 19.8. The molecular weight excluding hydrogens is 352 g/mol. The maximum absolute atomic E-state index is 12.1. The second kappa shape index (κ2) is 9.82. The van der Waals surface area contributed by atoms with Crippen molar-refractivity contribution in [2.75, 3.05) is 26.7 Å². The highest BCUT2D eigenvalue weighted by Crippen LogP contribution is 2.13. The van der Waals surface area contributed by atoms with Crippen LogP contribution in [0.1, 0.15) is 22.8 Å². The van der Waals surface area contributed by atoms with E-state index in [1.807, 2.05) is 24.3 Å². The summed E-state index contributed by atoms with van der Waals surface area (Å²) in [6, 6.07) is 14.5. The Balaban J connectivity index is 1.84. The number of amides is 2. The molecule has 0 saturated heterocycles. The van der Waals surface area contributed by atoms with Crippen LogP contribution in [0.15, 0.2) is 48.5 Å². The number of benzene rings is 2. The standard InChI is InChI=1S/C20H23ClN2O3/c1-15(24)23(11-9-16-5-3-8-19(13-16)26-2)12-10-22-20(25)17-6-4-7-18(21)14-17/h3-8,13-14H,9-12H2,1-2H3,(H,22,25). The second-order valence-corrected chi connectivity index (χ2v) is 6.31. The van der Waals surface area contributed by atoms with Crippen molar-refractivity contribution in [3.63, 3.8) is 0 Å². The molecule has 0 aliphatic carbocycles. The van der Waals surface area contributed by atoms with Crippen molar-refractivity contribution in [1.29, 1.82) is 0 Å². The average molecular weight is 375 g/mol. The van der Waals surface area contributed by atoms with Crippen molar-refractivity contribution in [3.05, 3.63) is 64.7 Å². The molecule has 0 atom stereocenters. The SMILES string of the molecule is COc1cccc(CCN(CCNC(=O)c2cccc(Cl)c2)C(C)=O)c1. The fourth-order valence-corrected chi connectivity index (χ4v) is 2.75. The van der Waals surface area contributed by atoms with E-state index in [4.69, 9.17) is 16.3 Å². The molecule has 6 heteroatoms. The van der Waals surface area contributed by atoms with Gasteiger partial charge in [0.2, 0.25) is 5.91 Å². The van der Waals surface area contributed by atoms with Gasteiger partial charge in [0.05, 0.1) is 7.11 Å². The van der Waals surface area contributed by atoms with Crippen LogP contribution in [0.4, 0.5) is 0 Å². The Bertz CT molecular complexity index is 764. The molecule has 2 aromatic carbocycles. The van der Waals surface area contributed by atoms with Gasteiger partial charge in [-0.05, 0) is 42.3 Å². The smallest absolute Gasteiger partial charge is 0.251 e. The first-order valence-corrected chi connectivity index (χ1v) is 8.79. The number of carbonyl (C=O) groups is 2. The lowest BCUT2D eigenvalue weighted by molar-refractivity contribution is -0.128. The van der Waals surface area contributed by atoms with Crippen LogP contribution in [-0.4, -0.2) is 43.5 Å². The van der Waals surface area contributed by atoms with E-state index in [9.17, 15) is 9.59 Å². The highest BCUT2D eigenvalue weighted by Gasteiger charge is 2.11. The predicted octanol–water partition coefficient (Wildman–Crippen LogP) is 3.17. The van der Waals surface area contributed by atoms with Crippen molar-refractivity contribution in [1.82, 2.24) is 10.2 Å². The zero-order chi connectivity index (χ0) is 18.9. The van der Waals surface area contributed by atoms with Crippen molar-refractivity contribution < 1.29 is 14.3 Å². The predicted molar refractivity (Wildman–Crippen MR) is 103 cm³/mol. The topological polar surface area (TPSA) is 58.6 Å². The third kappa shape index (κ3) is 6.08. The number of halogens is 1. The Morgan fingerprint density at radius 1 is 1.12 bits per heavy atom. The summed E-state index contributed by atoms with van der Waals surface area (Å²) in [5.74, 6) is 0.569. The third-order valence-electron chi connectivity index (χ3n) is 4.00. The van der Waals surface area contributed by atoms with Crippen LogP contribution in [0.25, 0.3) is 0 Å². The molecule has 2 amide bonds. The Hall–Kier alpha value is -2.53. The highest BCUT2D eigenvalue weighted by molar-refractivity contribution is 6.30. The minimum absolute atomic E-state index is 0.0232. The summed E-state index contributed by atoms with van der Waals surface area (Å²) in [7, 11) is 1.63. The minimum Gasteiger partial charge on any atom is -0.497 e. The van der Waals surface area contributed by atoms with Crippen molar-refractivity contribution in [2.45, 2.75) is 13.3 Å². The summed E-state index contributed by atoms with van der Waals surface area (Å²) in [4.78, 5) is 25.7. The Labute approximate surface area is 158 Å². The van der Waals surface area contributed by atoms with E-state index < -0.39 is 0 Å². The molecule has 0 radical (unpaired) electrons. The van der Waals surface area contributed by atoms with Gasteiger partial charge in [-0.2, -0.15) is 0 Å². The third-order valence-corrected chi connectivity index (χ3v) is 4.24. The second-order valence-electron chi connectivity index (χ2n) is 5.87. The Kier molecular flexibility index (Phi) is 7.48. The minimum atomic E-state index is -0.205. The van der Waals surface area contributed by atoms with Crippen molar-refractivity contribution >= 4 is 23.4 Å². The first-order chi connectivity index (χ1) is 12.5. The van der Waals surface area contributed by atoms with E-state index in [0.717, 1.165) is 17.7 Å². The molecule has 2 aromatic rings. The van der Waals surface area contributed by atoms with Gasteiger partial charge < -0.3 is 15.0 Å². The summed E-state index contributed by atoms with van der Waals surface area (Å²) in [5.41, 5.74) is 1.60. The van der Waals surface area contributed by atoms with Crippen LogP contribution in [-0.2, 0) is 11.2 Å². The van der Waals surface area contributed by atoms with Gasteiger partial charge in [-0.1, -0.05) is 29.8 Å². The van der Waals surface area contributed by atoms with Crippen LogP contribution < -0.4 is 10.1 Å². The number of ether oxygens (including phenoxy) is 1. The fourth-order valence-electron chi connectivity index (χ4n) is 2.55. The van der Waals surface area contributed by atoms with Gasteiger partial charge in [0.25, 0.3) is 5.91 Å². The normalized spacial score (nSPS) is 10.3. The van der Waals surface area contributed by atoms with Gasteiger partial charge in [0, 0.05) is 37.1 Å². The Morgan fingerprint density at radius 3 is 2.58 bits per heavy atom. The summed E-state index contributed by atoms with van der Waals surface area (Å²) < 4.78 is 5.21. The highest BCUT2D eigenvalue weighted by atomic mass is 35.5. The van der Waals surface area contributed by atoms with E-state index in [2.05, 4.69) is 5.32 Å². The van der Waals surface area contributed by atoms with Crippen molar-refractivity contribution in [3.8, 4) is 5.75 Å². The number of nitrogens with one attached hydrogen (secondary N) is 1. The molecule has 26 heavy (non-hydrogen) atoms. The average Bonchev–Trinajstić information content (AvgIpc) is 2.64. The number of methoxy groups -OCH3 is 1. The molecular formula is C20H23ClN2O3. The lowest BCUT2D eigenvalue weighted by Gasteiger charge is -2.21. The van der Waals surface area contributed by atoms with Gasteiger partial charge in [-0.25, -0.2) is 0 Å². The summed E-state index contributed by atoms with van der Waals surface area (Å²) in [6.45, 7) is 2.94. The maximum atomic E-state index is 12.1. The monoisotopic (exact) mass is 374 g/mol. The zero-order valence-corrected chi connectivity index (χ0v) is 15.8. The van der Waals surface area contributed by atoms with Gasteiger partial charge in [0.15, 0.2) is 0 Å². The summed E-state index contributed by atoms with van der Waals surface area (Å²) >= 11 is 5.89. The molecule has 138 valence electrons. The quantitative estimate of drug-likeness (QED) is 0.772. The van der Waals surface area contributed by atoms with E-state index in [-0.39, 0.29) is 11.8 Å². The van der Waals surface area contributed by atoms with Crippen LogP contribution >= 0.6 is 11.6 Å². The lowest BCUT2D eigenvalue weighted by Crippen LogP contribution is -2.38. The van der Waals surface area contributed by atoms with E-state index >= 15 is 0 Å². The van der Waals surface area contributed by atoms with Crippen LogP contribution in [0.5, 0.6) is 5.75 Å². The van der Waals surface area contributed by atoms with E-state index in [1.54, 1.807) is 36.3 Å². The molecule has 2 rings (SSSR count). The molecule has 0 aliphatic rings. The number of nitrogens with zero attached hydrogens (tertiary/aromatic N) is 1. The van der Waals surface area contributed by atoms with Crippen LogP contribution in [0.3, 0.4) is 0 Å². The van der Waals surface area contributed by atoms with E-state index in [1.165, 1.54) is 6.92 Å². The number of rotatable bonds is 8. The van der Waals surface area contributed by atoms with Gasteiger partial charge in [0.1, 0.15) is 5.75 Å². The van der Waals surface area contributed by atoms with Crippen molar-refractivity contribution in [2.24, 2.45) is 0 Å². The zero-order valence-electron chi connectivity index (χ0n) is 15.0. The summed E-state index contributed by atoms with van der Waals surface area (Å²) in [5, 5.41) is 3.33. The molecule has 0 fully saturated rings. The molecule has 0 aliphatic heterocycles. The molecule has 0 heterocycles. The molecule has 0 aromatic heterocycles. The number of carbonyl (C=O) groups excluding carboxylic acids is 2. The van der Waals surface area contributed by atoms with E-state index in [0.29, 0.717) is 30.2 Å². The number of hydrogen-bond acceptors (Lipinski definition) is 3. The maximum Gasteiger partial charge on any atom is 0.251 e. The number of hydrogen-bond donors (Lipinski definition) is 1. The molecule has 1 N–H and O–H groups in total. The fraction of sp³-hybridized carbons (Fsp3) is 0.300. The van der Waals surface area contributed by atoms with Gasteiger partial charge >= 0.3 is 0 Å². The first-order valence-electron chi connectivity index (χ1n) is 8.42. The summed E-state index contributed by atoms with van der Waals surface area (Å²) in [6.07, 6.45) is 0.721. The van der Waals surface area contributed by atoms with Crippen LogP contribution in [0, 0.1) is 0 Å². The van der Waals surface area contributed by atoms with Gasteiger partial charge in [-0.3, -0.25) is 9.59 Å². The Morgan fingerprint density at radius 2 is 1.88 bits per heavy atom. The molecule has 0 saturated carbocycles. The van der Waals surface area contributed by atoms with Gasteiger partial charge in [-0.15, -0.1) is 0 Å². The molecule has 5 nitrogen and oxygen atoms in total. The molecule has 0 unspecified atom stereocenters. The lowest BCUT2D eigenvalue weighted by atomic mass is 10.1. The molecule has 0 spiro atoms. The molecule has 0 bridgehead atoms.